The largest absolute Gasteiger partial charge is 0.487 e. The minimum absolute atomic E-state index is 0.00904. The van der Waals surface area contributed by atoms with Crippen molar-refractivity contribution >= 4 is 5.78 Å². The van der Waals surface area contributed by atoms with Gasteiger partial charge in [0.1, 0.15) is 23.1 Å². The van der Waals surface area contributed by atoms with Crippen LogP contribution in [0.3, 0.4) is 0 Å². The molecule has 1 aromatic rings. The van der Waals surface area contributed by atoms with E-state index in [4.69, 9.17) is 28.4 Å². The van der Waals surface area contributed by atoms with E-state index in [1.807, 2.05) is 38.1 Å². The third-order valence-corrected chi connectivity index (χ3v) is 6.66. The second-order valence-corrected chi connectivity index (χ2v) is 9.13. The molecule has 2 fully saturated rings. The third kappa shape index (κ3) is 3.18. The van der Waals surface area contributed by atoms with Gasteiger partial charge in [-0.2, -0.15) is 0 Å². The molecule has 0 amide bonds. The fraction of sp³-hybridized carbons (Fsp3) is 0.480. The molecule has 4 aliphatic rings. The number of fused-ring (bicyclic) bond motifs is 1. The molecule has 0 radical (unpaired) electrons. The molecule has 2 saturated heterocycles. The Morgan fingerprint density at radius 3 is 2.59 bits per heavy atom. The third-order valence-electron chi connectivity index (χ3n) is 6.66. The molecule has 7 heteroatoms. The van der Waals surface area contributed by atoms with E-state index in [1.165, 1.54) is 0 Å². The van der Waals surface area contributed by atoms with Crippen LogP contribution in [0.25, 0.3) is 0 Å². The SMILES string of the molecule is C=CCC1=CC23CC(Oc4cc5c(cc4CC=C)OCO5)C(C)(C)OC2(CC1=O)OCO3. The molecule has 5 rings (SSSR count). The van der Waals surface area contributed by atoms with Crippen LogP contribution >= 0.6 is 0 Å². The molecule has 3 aliphatic heterocycles. The molecule has 1 aromatic carbocycles. The van der Waals surface area contributed by atoms with Gasteiger partial charge in [-0.25, -0.2) is 0 Å². The van der Waals surface area contributed by atoms with E-state index in [0.29, 0.717) is 42.1 Å². The van der Waals surface area contributed by atoms with Crippen molar-refractivity contribution in [3.8, 4) is 17.2 Å². The van der Waals surface area contributed by atoms with Crippen LogP contribution in [0, 0.1) is 0 Å². The highest BCUT2D eigenvalue weighted by molar-refractivity contribution is 5.97. The normalized spacial score (nSPS) is 32.0. The Morgan fingerprint density at radius 2 is 1.84 bits per heavy atom. The van der Waals surface area contributed by atoms with Gasteiger partial charge in [0, 0.05) is 18.1 Å². The lowest BCUT2D eigenvalue weighted by molar-refractivity contribution is -0.328. The highest BCUT2D eigenvalue weighted by atomic mass is 16.8. The molecular formula is C25H28O7. The van der Waals surface area contributed by atoms with Gasteiger partial charge in [0.2, 0.25) is 12.6 Å². The van der Waals surface area contributed by atoms with Gasteiger partial charge in [0.05, 0.1) is 6.42 Å². The molecule has 32 heavy (non-hydrogen) atoms. The number of allylic oxidation sites excluding steroid dienone is 3. The van der Waals surface area contributed by atoms with Crippen molar-refractivity contribution in [3.63, 3.8) is 0 Å². The lowest BCUT2D eigenvalue weighted by Gasteiger charge is -2.54. The number of hydrogen-bond acceptors (Lipinski definition) is 7. The van der Waals surface area contributed by atoms with Crippen molar-refractivity contribution < 1.29 is 33.2 Å². The predicted molar refractivity (Wildman–Crippen MR) is 116 cm³/mol. The number of Topliss-reactive ketones (excluding diaryl/α,β-unsaturated/α-hetero) is 1. The molecule has 0 saturated carbocycles. The second-order valence-electron chi connectivity index (χ2n) is 9.13. The summed E-state index contributed by atoms with van der Waals surface area (Å²) >= 11 is 0. The number of carbonyl (C=O) groups is 1. The first-order chi connectivity index (χ1) is 15.3. The van der Waals surface area contributed by atoms with Crippen LogP contribution in [-0.4, -0.2) is 42.5 Å². The number of ether oxygens (including phenoxy) is 6. The molecular weight excluding hydrogens is 412 g/mol. The van der Waals surface area contributed by atoms with Crippen LogP contribution in [0.4, 0.5) is 0 Å². The van der Waals surface area contributed by atoms with Gasteiger partial charge in [-0.3, -0.25) is 4.79 Å². The molecule has 0 aromatic heterocycles. The summed E-state index contributed by atoms with van der Waals surface area (Å²) in [5, 5.41) is 0. The molecule has 7 nitrogen and oxygen atoms in total. The lowest BCUT2D eigenvalue weighted by Crippen LogP contribution is -2.68. The van der Waals surface area contributed by atoms with Gasteiger partial charge in [-0.05, 0) is 44.4 Å². The van der Waals surface area contributed by atoms with Gasteiger partial charge < -0.3 is 28.4 Å². The van der Waals surface area contributed by atoms with Crippen LogP contribution < -0.4 is 14.2 Å². The quantitative estimate of drug-likeness (QED) is 0.619. The van der Waals surface area contributed by atoms with Crippen molar-refractivity contribution in [2.75, 3.05) is 13.6 Å². The summed E-state index contributed by atoms with van der Waals surface area (Å²) in [5.41, 5.74) is -0.0458. The van der Waals surface area contributed by atoms with Gasteiger partial charge in [-0.1, -0.05) is 12.2 Å². The number of benzene rings is 1. The van der Waals surface area contributed by atoms with E-state index in [9.17, 15) is 4.79 Å². The van der Waals surface area contributed by atoms with E-state index in [1.54, 1.807) is 6.08 Å². The molecule has 3 heterocycles. The smallest absolute Gasteiger partial charge is 0.231 e. The summed E-state index contributed by atoms with van der Waals surface area (Å²) in [4.78, 5) is 12.8. The van der Waals surface area contributed by atoms with Crippen molar-refractivity contribution in [2.24, 2.45) is 0 Å². The first-order valence-corrected chi connectivity index (χ1v) is 10.9. The Labute approximate surface area is 187 Å². The zero-order valence-electron chi connectivity index (χ0n) is 18.5. The van der Waals surface area contributed by atoms with Gasteiger partial charge in [-0.15, -0.1) is 13.2 Å². The number of carbonyl (C=O) groups excluding carboxylic acids is 1. The highest BCUT2D eigenvalue weighted by Gasteiger charge is 2.68. The van der Waals surface area contributed by atoms with Crippen molar-refractivity contribution in [3.05, 3.63) is 54.7 Å². The van der Waals surface area contributed by atoms with Gasteiger partial charge in [0.25, 0.3) is 0 Å². The summed E-state index contributed by atoms with van der Waals surface area (Å²) in [6.07, 6.45) is 6.69. The maximum Gasteiger partial charge on any atom is 0.231 e. The first-order valence-electron chi connectivity index (χ1n) is 10.9. The predicted octanol–water partition coefficient (Wildman–Crippen LogP) is 4.00. The summed E-state index contributed by atoms with van der Waals surface area (Å²) in [7, 11) is 0. The van der Waals surface area contributed by atoms with E-state index in [-0.39, 0.29) is 31.9 Å². The second kappa shape index (κ2) is 7.47. The fourth-order valence-electron chi connectivity index (χ4n) is 4.99. The molecule has 3 unspecified atom stereocenters. The van der Waals surface area contributed by atoms with Crippen molar-refractivity contribution in [1.82, 2.24) is 0 Å². The minimum Gasteiger partial charge on any atom is -0.487 e. The van der Waals surface area contributed by atoms with Crippen LogP contribution in [0.15, 0.2) is 49.1 Å². The van der Waals surface area contributed by atoms with Crippen molar-refractivity contribution in [2.45, 2.75) is 62.6 Å². The zero-order valence-corrected chi connectivity index (χ0v) is 18.5. The number of hydrogen-bond donors (Lipinski definition) is 0. The molecule has 1 aliphatic carbocycles. The fourth-order valence-corrected chi connectivity index (χ4v) is 4.99. The molecule has 0 N–H and O–H groups in total. The monoisotopic (exact) mass is 440 g/mol. The molecule has 0 bridgehead atoms. The van der Waals surface area contributed by atoms with Crippen LogP contribution in [0.5, 0.6) is 17.2 Å². The number of ketones is 1. The summed E-state index contributed by atoms with van der Waals surface area (Å²) < 4.78 is 36.2. The van der Waals surface area contributed by atoms with Gasteiger partial charge >= 0.3 is 0 Å². The van der Waals surface area contributed by atoms with Gasteiger partial charge in [0.15, 0.2) is 24.1 Å². The minimum atomic E-state index is -1.16. The molecule has 3 atom stereocenters. The van der Waals surface area contributed by atoms with E-state index in [2.05, 4.69) is 13.2 Å². The van der Waals surface area contributed by atoms with E-state index < -0.39 is 17.0 Å². The van der Waals surface area contributed by atoms with E-state index >= 15 is 0 Å². The Bertz CT molecular complexity index is 1010. The van der Waals surface area contributed by atoms with Crippen LogP contribution in [-0.2, 0) is 25.4 Å². The van der Waals surface area contributed by atoms with Crippen molar-refractivity contribution in [1.29, 1.82) is 0 Å². The summed E-state index contributed by atoms with van der Waals surface area (Å²) in [6, 6.07) is 3.78. The lowest BCUT2D eigenvalue weighted by atomic mass is 9.71. The van der Waals surface area contributed by atoms with Crippen LogP contribution in [0.2, 0.25) is 0 Å². The van der Waals surface area contributed by atoms with E-state index in [0.717, 1.165) is 5.56 Å². The topological polar surface area (TPSA) is 72.5 Å². The maximum atomic E-state index is 12.8. The average molecular weight is 440 g/mol. The first kappa shape index (κ1) is 21.2. The maximum absolute atomic E-state index is 12.8. The highest BCUT2D eigenvalue weighted by Crippen LogP contribution is 2.55. The Hall–Kier alpha value is -2.61. The zero-order chi connectivity index (χ0) is 22.6. The Kier molecular flexibility index (Phi) is 4.96. The standard InChI is InChI=1S/C25H28O7/c1-5-7-16-9-20-21(28-14-27-20)10-19(16)31-22-13-24-11-17(8-6-2)18(26)12-25(24,30-15-29-24)32-23(22,3)4/h5-6,9-11,22H,1-2,7-8,12-15H2,3-4H3. The molecule has 170 valence electrons. The summed E-state index contributed by atoms with van der Waals surface area (Å²) in [6.45, 7) is 11.8. The Morgan fingerprint density at radius 1 is 1.09 bits per heavy atom. The number of rotatable bonds is 6. The average Bonchev–Trinajstić information content (AvgIpc) is 3.32. The molecule has 0 spiro atoms. The van der Waals surface area contributed by atoms with Crippen LogP contribution in [0.1, 0.15) is 38.7 Å². The summed E-state index contributed by atoms with van der Waals surface area (Å²) in [5.74, 6) is 0.857. The Balaban J connectivity index is 1.52.